The molecule has 0 atom stereocenters. The molecule has 1 heterocycles. The zero-order valence-electron chi connectivity index (χ0n) is 6.29. The number of hydrogen-bond donors (Lipinski definition) is 1. The smallest absolute Gasteiger partial charge is 0.182 e. The van der Waals surface area contributed by atoms with E-state index in [1.807, 2.05) is 4.81 Å². The summed E-state index contributed by atoms with van der Waals surface area (Å²) >= 11 is 0. The van der Waals surface area contributed by atoms with Gasteiger partial charge in [-0.25, -0.2) is 0 Å². The fourth-order valence-corrected chi connectivity index (χ4v) is 1.42. The van der Waals surface area contributed by atoms with Gasteiger partial charge >= 0.3 is 0 Å². The van der Waals surface area contributed by atoms with Gasteiger partial charge in [-0.2, -0.15) is 0 Å². The third kappa shape index (κ3) is 2.31. The third-order valence-electron chi connectivity index (χ3n) is 2.19. The van der Waals surface area contributed by atoms with Crippen molar-refractivity contribution in [2.75, 3.05) is 19.7 Å². The molecule has 2 radical (unpaired) electrons. The van der Waals surface area contributed by atoms with Crippen LogP contribution in [-0.2, 0) is 0 Å². The van der Waals surface area contributed by atoms with Gasteiger partial charge in [-0.15, -0.1) is 0 Å². The van der Waals surface area contributed by atoms with E-state index in [9.17, 15) is 0 Å². The number of aliphatic hydroxyl groups excluding tert-OH is 1. The second-order valence-electron chi connectivity index (χ2n) is 2.99. The van der Waals surface area contributed by atoms with Crippen molar-refractivity contribution in [3.63, 3.8) is 0 Å². The van der Waals surface area contributed by atoms with Crippen LogP contribution in [0.25, 0.3) is 0 Å². The topological polar surface area (TPSA) is 23.5 Å². The summed E-state index contributed by atoms with van der Waals surface area (Å²) in [7, 11) is 5.56. The van der Waals surface area contributed by atoms with Gasteiger partial charge in [-0.3, -0.25) is 0 Å². The van der Waals surface area contributed by atoms with E-state index >= 15 is 0 Å². The first kappa shape index (κ1) is 8.09. The van der Waals surface area contributed by atoms with Crippen LogP contribution >= 0.6 is 0 Å². The molecule has 0 aromatic rings. The Hall–Kier alpha value is -0.0151. The predicted molar refractivity (Wildman–Crippen MR) is 41.8 cm³/mol. The van der Waals surface area contributed by atoms with Gasteiger partial charge in [0.1, 0.15) is 0 Å². The molecule has 0 aromatic heterocycles. The Morgan fingerprint density at radius 3 is 2.50 bits per heavy atom. The van der Waals surface area contributed by atoms with E-state index in [0.717, 1.165) is 32.4 Å². The van der Waals surface area contributed by atoms with Crippen LogP contribution < -0.4 is 0 Å². The van der Waals surface area contributed by atoms with E-state index < -0.39 is 0 Å². The average molecular weight is 139 g/mol. The van der Waals surface area contributed by atoms with Crippen LogP contribution in [0.15, 0.2) is 0 Å². The van der Waals surface area contributed by atoms with E-state index in [0.29, 0.717) is 12.5 Å². The number of hydrogen-bond acceptors (Lipinski definition) is 2. The molecule has 0 aliphatic carbocycles. The lowest BCUT2D eigenvalue weighted by molar-refractivity contribution is 0.210. The minimum absolute atomic E-state index is 0.329. The maximum atomic E-state index is 8.64. The highest BCUT2D eigenvalue weighted by Gasteiger charge is 2.14. The van der Waals surface area contributed by atoms with Crippen LogP contribution in [0.5, 0.6) is 0 Å². The molecule has 0 unspecified atom stereocenters. The molecule has 1 aliphatic rings. The van der Waals surface area contributed by atoms with Crippen LogP contribution in [0, 0.1) is 5.92 Å². The van der Waals surface area contributed by atoms with Crippen LogP contribution in [0.2, 0.25) is 0 Å². The molecule has 0 spiro atoms. The molecule has 3 heteroatoms. The SMILES string of the molecule is [B]N1CCC(CCO)CC1. The molecule has 1 rings (SSSR count). The van der Waals surface area contributed by atoms with Gasteiger partial charge in [0, 0.05) is 6.61 Å². The first-order chi connectivity index (χ1) is 4.83. The highest BCUT2D eigenvalue weighted by atomic mass is 16.3. The van der Waals surface area contributed by atoms with E-state index in [4.69, 9.17) is 13.1 Å². The number of rotatable bonds is 2. The number of aliphatic hydroxyl groups is 1. The number of nitrogens with zero attached hydrogens (tertiary/aromatic N) is 1. The fourth-order valence-electron chi connectivity index (χ4n) is 1.42. The molecule has 1 N–H and O–H groups in total. The Morgan fingerprint density at radius 2 is 2.00 bits per heavy atom. The maximum Gasteiger partial charge on any atom is 0.182 e. The van der Waals surface area contributed by atoms with E-state index in [1.165, 1.54) is 0 Å². The van der Waals surface area contributed by atoms with Crippen molar-refractivity contribution >= 4 is 7.98 Å². The highest BCUT2D eigenvalue weighted by molar-refractivity contribution is 6.04. The molecular weight excluding hydrogens is 125 g/mol. The lowest BCUT2D eigenvalue weighted by atomic mass is 9.92. The van der Waals surface area contributed by atoms with Gasteiger partial charge in [0.2, 0.25) is 0 Å². The average Bonchev–Trinajstić information content (AvgIpc) is 1.95. The second-order valence-corrected chi connectivity index (χ2v) is 2.99. The van der Waals surface area contributed by atoms with Gasteiger partial charge in [0.25, 0.3) is 0 Å². The van der Waals surface area contributed by atoms with Crippen LogP contribution in [0.1, 0.15) is 19.3 Å². The lowest BCUT2D eigenvalue weighted by Crippen LogP contribution is -2.31. The Balaban J connectivity index is 2.13. The summed E-state index contributed by atoms with van der Waals surface area (Å²) < 4.78 is 0. The normalized spacial score (nSPS) is 23.3. The zero-order valence-corrected chi connectivity index (χ0v) is 6.29. The van der Waals surface area contributed by atoms with Crippen LogP contribution in [-0.4, -0.2) is 37.6 Å². The van der Waals surface area contributed by atoms with E-state index in [-0.39, 0.29) is 0 Å². The fraction of sp³-hybridized carbons (Fsp3) is 1.00. The standard InChI is InChI=1S/C7H14BNO/c8-9-4-1-7(2-5-9)3-6-10/h7,10H,1-6H2. The van der Waals surface area contributed by atoms with Crippen molar-refractivity contribution in [1.29, 1.82) is 0 Å². The van der Waals surface area contributed by atoms with Crippen LogP contribution in [0.3, 0.4) is 0 Å². The van der Waals surface area contributed by atoms with Crippen molar-refractivity contribution in [2.45, 2.75) is 19.3 Å². The molecule has 1 saturated heterocycles. The largest absolute Gasteiger partial charge is 0.396 e. The second kappa shape index (κ2) is 3.99. The molecule has 56 valence electrons. The third-order valence-corrected chi connectivity index (χ3v) is 2.19. The summed E-state index contributed by atoms with van der Waals surface area (Å²) in [6.07, 6.45) is 3.25. The van der Waals surface area contributed by atoms with Gasteiger partial charge < -0.3 is 9.92 Å². The molecule has 2 nitrogen and oxygen atoms in total. The molecule has 0 aromatic carbocycles. The Morgan fingerprint density at radius 1 is 1.40 bits per heavy atom. The monoisotopic (exact) mass is 139 g/mol. The van der Waals surface area contributed by atoms with Crippen molar-refractivity contribution in [2.24, 2.45) is 5.92 Å². The van der Waals surface area contributed by atoms with E-state index in [1.54, 1.807) is 0 Å². The molecule has 1 aliphatic heterocycles. The maximum absolute atomic E-state index is 8.64. The Bertz CT molecular complexity index is 91.6. The van der Waals surface area contributed by atoms with Gasteiger partial charge in [-0.1, -0.05) is 0 Å². The summed E-state index contributed by atoms with van der Waals surface area (Å²) in [6, 6.07) is 0. The van der Waals surface area contributed by atoms with Crippen LogP contribution in [0.4, 0.5) is 0 Å². The molecule has 0 saturated carbocycles. The molecule has 0 amide bonds. The minimum Gasteiger partial charge on any atom is -0.396 e. The summed E-state index contributed by atoms with van der Waals surface area (Å²) in [5.74, 6) is 0.713. The summed E-state index contributed by atoms with van der Waals surface area (Å²) in [6.45, 7) is 2.31. The first-order valence-electron chi connectivity index (χ1n) is 3.93. The Kier molecular flexibility index (Phi) is 3.22. The quantitative estimate of drug-likeness (QED) is 0.551. The van der Waals surface area contributed by atoms with Gasteiger partial charge in [0.05, 0.1) is 0 Å². The summed E-state index contributed by atoms with van der Waals surface area (Å²) in [4.78, 5) is 1.86. The summed E-state index contributed by atoms with van der Waals surface area (Å²) in [5.41, 5.74) is 0. The predicted octanol–water partition coefficient (Wildman–Crippen LogP) is 0.164. The van der Waals surface area contributed by atoms with Gasteiger partial charge in [-0.05, 0) is 38.3 Å². The van der Waals surface area contributed by atoms with Crippen molar-refractivity contribution in [1.82, 2.24) is 4.81 Å². The van der Waals surface area contributed by atoms with E-state index in [2.05, 4.69) is 0 Å². The van der Waals surface area contributed by atoms with Gasteiger partial charge in [0.15, 0.2) is 7.98 Å². The molecule has 10 heavy (non-hydrogen) atoms. The minimum atomic E-state index is 0.329. The lowest BCUT2D eigenvalue weighted by Gasteiger charge is -2.28. The zero-order chi connectivity index (χ0) is 7.40. The molecular formula is C7H14BNO. The highest BCUT2D eigenvalue weighted by Crippen LogP contribution is 2.18. The first-order valence-corrected chi connectivity index (χ1v) is 3.93. The number of piperidine rings is 1. The molecule has 0 bridgehead atoms. The van der Waals surface area contributed by atoms with Crippen molar-refractivity contribution in [3.8, 4) is 0 Å². The molecule has 1 fully saturated rings. The summed E-state index contributed by atoms with van der Waals surface area (Å²) in [5, 5.41) is 8.64. The van der Waals surface area contributed by atoms with Crippen molar-refractivity contribution < 1.29 is 5.11 Å². The van der Waals surface area contributed by atoms with Crippen molar-refractivity contribution in [3.05, 3.63) is 0 Å². The Labute approximate surface area is 63.7 Å².